The maximum atomic E-state index is 13.4. The molecule has 1 saturated carbocycles. The molecule has 3 heterocycles. The SMILES string of the molecule is O=C(Nc1cn2nc(-c3cn(C4=CC4)nc3-c3ccc(F)cc3)ccc2n1)C1CC1. The fourth-order valence-electron chi connectivity index (χ4n) is 3.42. The smallest absolute Gasteiger partial charge is 0.228 e. The summed E-state index contributed by atoms with van der Waals surface area (Å²) in [6.45, 7) is 0. The van der Waals surface area contributed by atoms with E-state index in [-0.39, 0.29) is 17.6 Å². The Bertz CT molecular complexity index is 1330. The summed E-state index contributed by atoms with van der Waals surface area (Å²) in [5.41, 5.74) is 4.87. The first-order valence-electron chi connectivity index (χ1n) is 9.87. The quantitative estimate of drug-likeness (QED) is 0.550. The molecule has 3 aromatic heterocycles. The van der Waals surface area contributed by atoms with Gasteiger partial charge in [-0.15, -0.1) is 0 Å². The lowest BCUT2D eigenvalue weighted by atomic mass is 10.1. The molecule has 6 rings (SSSR count). The predicted molar refractivity (Wildman–Crippen MR) is 110 cm³/mol. The number of carbonyl (C=O) groups is 1. The van der Waals surface area contributed by atoms with Gasteiger partial charge in [0, 0.05) is 35.4 Å². The van der Waals surface area contributed by atoms with Crippen LogP contribution < -0.4 is 5.32 Å². The molecule has 1 amide bonds. The Hall–Kier alpha value is -3.81. The van der Waals surface area contributed by atoms with Gasteiger partial charge in [0.05, 0.1) is 11.9 Å². The maximum Gasteiger partial charge on any atom is 0.228 e. The number of nitrogens with zero attached hydrogens (tertiary/aromatic N) is 5. The van der Waals surface area contributed by atoms with Crippen molar-refractivity contribution in [1.29, 1.82) is 0 Å². The first kappa shape index (κ1) is 17.1. The Morgan fingerprint density at radius 1 is 1.07 bits per heavy atom. The minimum absolute atomic E-state index is 0.0104. The number of rotatable bonds is 5. The van der Waals surface area contributed by atoms with Gasteiger partial charge in [-0.3, -0.25) is 4.79 Å². The van der Waals surface area contributed by atoms with Crippen LogP contribution in [0, 0.1) is 11.7 Å². The Morgan fingerprint density at radius 3 is 2.60 bits per heavy atom. The van der Waals surface area contributed by atoms with Crippen LogP contribution in [0.2, 0.25) is 0 Å². The summed E-state index contributed by atoms with van der Waals surface area (Å²) in [5, 5.41) is 12.2. The zero-order chi connectivity index (χ0) is 20.2. The van der Waals surface area contributed by atoms with Crippen molar-refractivity contribution >= 4 is 23.1 Å². The highest BCUT2D eigenvalue weighted by atomic mass is 19.1. The van der Waals surface area contributed by atoms with Gasteiger partial charge in [-0.05, 0) is 49.2 Å². The zero-order valence-electron chi connectivity index (χ0n) is 15.9. The fraction of sp³-hybridized carbons (Fsp3) is 0.182. The second-order valence-electron chi connectivity index (χ2n) is 7.65. The third-order valence-corrected chi connectivity index (χ3v) is 5.31. The number of hydrogen-bond donors (Lipinski definition) is 1. The molecular formula is C22H17FN6O. The Kier molecular flexibility index (Phi) is 3.61. The molecule has 0 radical (unpaired) electrons. The lowest BCUT2D eigenvalue weighted by Gasteiger charge is -2.03. The van der Waals surface area contributed by atoms with Crippen LogP contribution in [0.3, 0.4) is 0 Å². The molecule has 4 aromatic rings. The van der Waals surface area contributed by atoms with Gasteiger partial charge in [0.15, 0.2) is 11.5 Å². The van der Waals surface area contributed by atoms with E-state index in [4.69, 9.17) is 5.10 Å². The van der Waals surface area contributed by atoms with Gasteiger partial charge in [-0.25, -0.2) is 18.6 Å². The molecule has 0 saturated heterocycles. The van der Waals surface area contributed by atoms with Crippen LogP contribution in [-0.2, 0) is 4.79 Å². The molecule has 8 heteroatoms. The molecule has 1 fully saturated rings. The van der Waals surface area contributed by atoms with E-state index in [1.807, 2.05) is 23.0 Å². The highest BCUT2D eigenvalue weighted by Gasteiger charge is 2.30. The molecule has 2 aliphatic carbocycles. The van der Waals surface area contributed by atoms with Crippen molar-refractivity contribution in [3.8, 4) is 22.5 Å². The standard InChI is InChI=1S/C22H17FN6O/c23-15-5-3-13(4-6-15)21-17(11-28(27-21)16-7-8-16)18-9-10-20-24-19(12-29(20)26-18)25-22(30)14-1-2-14/h3-7,9-12,14H,1-2,8H2,(H,25,30). The Labute approximate surface area is 170 Å². The topological polar surface area (TPSA) is 77.1 Å². The fourth-order valence-corrected chi connectivity index (χ4v) is 3.42. The van der Waals surface area contributed by atoms with Gasteiger partial charge in [0.25, 0.3) is 0 Å². The average molecular weight is 400 g/mol. The summed E-state index contributed by atoms with van der Waals surface area (Å²) in [7, 11) is 0. The number of nitrogens with one attached hydrogen (secondary N) is 1. The zero-order valence-corrected chi connectivity index (χ0v) is 15.9. The third-order valence-electron chi connectivity index (χ3n) is 5.31. The normalized spacial score (nSPS) is 15.3. The van der Waals surface area contributed by atoms with Crippen molar-refractivity contribution in [2.45, 2.75) is 19.3 Å². The van der Waals surface area contributed by atoms with E-state index in [0.29, 0.717) is 17.2 Å². The van der Waals surface area contributed by atoms with Crippen LogP contribution in [0.4, 0.5) is 10.2 Å². The van der Waals surface area contributed by atoms with E-state index in [0.717, 1.165) is 41.8 Å². The molecule has 0 bridgehead atoms. The number of hydrogen-bond acceptors (Lipinski definition) is 4. The maximum absolute atomic E-state index is 13.4. The van der Waals surface area contributed by atoms with Crippen molar-refractivity contribution in [1.82, 2.24) is 24.4 Å². The van der Waals surface area contributed by atoms with Gasteiger partial charge < -0.3 is 5.32 Å². The van der Waals surface area contributed by atoms with Crippen molar-refractivity contribution in [2.24, 2.45) is 5.92 Å². The molecule has 0 aliphatic heterocycles. The van der Waals surface area contributed by atoms with Crippen LogP contribution in [-0.4, -0.2) is 30.3 Å². The minimum Gasteiger partial charge on any atom is -0.309 e. The van der Waals surface area contributed by atoms with Crippen molar-refractivity contribution in [2.75, 3.05) is 5.32 Å². The van der Waals surface area contributed by atoms with E-state index in [2.05, 4.69) is 21.5 Å². The predicted octanol–water partition coefficient (Wildman–Crippen LogP) is 3.99. The summed E-state index contributed by atoms with van der Waals surface area (Å²) in [6.07, 6.45) is 8.53. The van der Waals surface area contributed by atoms with E-state index >= 15 is 0 Å². The molecule has 30 heavy (non-hydrogen) atoms. The molecule has 1 aromatic carbocycles. The van der Waals surface area contributed by atoms with Crippen LogP contribution in [0.5, 0.6) is 0 Å². The van der Waals surface area contributed by atoms with E-state index in [9.17, 15) is 9.18 Å². The number of carbonyl (C=O) groups excluding carboxylic acids is 1. The number of benzene rings is 1. The van der Waals surface area contributed by atoms with Crippen LogP contribution in [0.15, 0.2) is 54.9 Å². The first-order valence-corrected chi connectivity index (χ1v) is 9.87. The van der Waals surface area contributed by atoms with Gasteiger partial charge in [0.2, 0.25) is 5.91 Å². The van der Waals surface area contributed by atoms with Crippen LogP contribution >= 0.6 is 0 Å². The number of aromatic nitrogens is 5. The monoisotopic (exact) mass is 400 g/mol. The van der Waals surface area contributed by atoms with Gasteiger partial charge >= 0.3 is 0 Å². The highest BCUT2D eigenvalue weighted by molar-refractivity contribution is 5.93. The molecule has 7 nitrogen and oxygen atoms in total. The molecule has 0 spiro atoms. The number of fused-ring (bicyclic) bond motifs is 1. The number of anilines is 1. The molecular weight excluding hydrogens is 383 g/mol. The minimum atomic E-state index is -0.289. The van der Waals surface area contributed by atoms with Crippen LogP contribution in [0.1, 0.15) is 19.3 Å². The molecule has 1 N–H and O–H groups in total. The van der Waals surface area contributed by atoms with Gasteiger partial charge in [0.1, 0.15) is 11.5 Å². The summed E-state index contributed by atoms with van der Waals surface area (Å²) < 4.78 is 16.9. The van der Waals surface area contributed by atoms with Crippen molar-refractivity contribution in [3.05, 3.63) is 60.7 Å². The second kappa shape index (κ2) is 6.35. The van der Waals surface area contributed by atoms with E-state index < -0.39 is 0 Å². The number of halogens is 1. The van der Waals surface area contributed by atoms with Crippen molar-refractivity contribution in [3.63, 3.8) is 0 Å². The molecule has 0 atom stereocenters. The largest absolute Gasteiger partial charge is 0.309 e. The molecule has 2 aliphatic rings. The van der Waals surface area contributed by atoms with Gasteiger partial charge in [-0.2, -0.15) is 10.2 Å². The Balaban J connectivity index is 1.40. The number of imidazole rings is 1. The number of amides is 1. The van der Waals surface area contributed by atoms with Crippen LogP contribution in [0.25, 0.3) is 33.9 Å². The molecule has 148 valence electrons. The summed E-state index contributed by atoms with van der Waals surface area (Å²) in [5.74, 6) is 0.327. The summed E-state index contributed by atoms with van der Waals surface area (Å²) in [6, 6.07) is 10.0. The average Bonchev–Trinajstić information content (AvgIpc) is 3.67. The first-order chi connectivity index (χ1) is 14.6. The number of allylic oxidation sites excluding steroid dienone is 2. The highest BCUT2D eigenvalue weighted by Crippen LogP contribution is 2.34. The van der Waals surface area contributed by atoms with Crippen molar-refractivity contribution < 1.29 is 9.18 Å². The third kappa shape index (κ3) is 3.06. The molecule has 0 unspecified atom stereocenters. The summed E-state index contributed by atoms with van der Waals surface area (Å²) >= 11 is 0. The second-order valence-corrected chi connectivity index (χ2v) is 7.65. The summed E-state index contributed by atoms with van der Waals surface area (Å²) in [4.78, 5) is 16.4. The van der Waals surface area contributed by atoms with E-state index in [1.54, 1.807) is 22.8 Å². The van der Waals surface area contributed by atoms with Gasteiger partial charge in [-0.1, -0.05) is 6.08 Å². The lowest BCUT2D eigenvalue weighted by molar-refractivity contribution is -0.117. The lowest BCUT2D eigenvalue weighted by Crippen LogP contribution is -2.13. The Morgan fingerprint density at radius 2 is 1.87 bits per heavy atom. The van der Waals surface area contributed by atoms with E-state index in [1.165, 1.54) is 12.1 Å².